The number of hydrogen-bond donors (Lipinski definition) is 0. The molecule has 0 radical (unpaired) electrons. The summed E-state index contributed by atoms with van der Waals surface area (Å²) < 4.78 is 24.9. The van der Waals surface area contributed by atoms with E-state index in [1.165, 1.54) is 11.1 Å². The van der Waals surface area contributed by atoms with E-state index in [2.05, 4.69) is 4.98 Å². The predicted molar refractivity (Wildman–Crippen MR) is 65.7 cm³/mol. The molecule has 1 aromatic heterocycles. The van der Waals surface area contributed by atoms with E-state index in [-0.39, 0.29) is 0 Å². The van der Waals surface area contributed by atoms with Gasteiger partial charge >= 0.3 is 0 Å². The third-order valence-corrected chi connectivity index (χ3v) is 2.66. The molecule has 0 unspecified atom stereocenters. The lowest BCUT2D eigenvalue weighted by molar-refractivity contribution is 0.156. The van der Waals surface area contributed by atoms with Gasteiger partial charge in [0.25, 0.3) is 6.43 Å². The fraction of sp³-hybridized carbons (Fsp3) is 0.231. The Morgan fingerprint density at radius 1 is 1.39 bits per heavy atom. The van der Waals surface area contributed by atoms with Gasteiger partial charge in [0.2, 0.25) is 0 Å². The summed E-state index contributed by atoms with van der Waals surface area (Å²) in [6, 6.07) is 9.17. The van der Waals surface area contributed by atoms with Crippen molar-refractivity contribution in [2.45, 2.75) is 6.43 Å². The van der Waals surface area contributed by atoms with E-state index in [9.17, 15) is 8.78 Å². The number of benzene rings is 1. The van der Waals surface area contributed by atoms with Gasteiger partial charge < -0.3 is 4.90 Å². The fourth-order valence-electron chi connectivity index (χ4n) is 1.92. The average molecular weight is 247 g/mol. The van der Waals surface area contributed by atoms with Crippen molar-refractivity contribution in [3.63, 3.8) is 0 Å². The quantitative estimate of drug-likeness (QED) is 0.837. The van der Waals surface area contributed by atoms with Gasteiger partial charge in [0.05, 0.1) is 23.3 Å². The average Bonchev–Trinajstić information content (AvgIpc) is 2.36. The summed E-state index contributed by atoms with van der Waals surface area (Å²) in [7, 11) is 1.55. The Balaban J connectivity index is 2.62. The number of para-hydroxylation sites is 1. The van der Waals surface area contributed by atoms with Crippen molar-refractivity contribution in [3.8, 4) is 6.07 Å². The summed E-state index contributed by atoms with van der Waals surface area (Å²) in [5.74, 6) is 0. The summed E-state index contributed by atoms with van der Waals surface area (Å²) in [6.07, 6.45) is -1.03. The molecule has 5 heteroatoms. The third-order valence-electron chi connectivity index (χ3n) is 2.66. The van der Waals surface area contributed by atoms with Gasteiger partial charge in [-0.3, -0.25) is 4.98 Å². The summed E-state index contributed by atoms with van der Waals surface area (Å²) in [4.78, 5) is 5.53. The SMILES string of the molecule is CN(CC(F)F)c1c(C#N)cnc2ccccc12. The lowest BCUT2D eigenvalue weighted by Gasteiger charge is -2.21. The smallest absolute Gasteiger partial charge is 0.255 e. The molecule has 18 heavy (non-hydrogen) atoms. The Bertz CT molecular complexity index is 605. The second-order valence-electron chi connectivity index (χ2n) is 3.92. The number of anilines is 1. The molecule has 0 saturated heterocycles. The maximum Gasteiger partial charge on any atom is 0.255 e. The first-order valence-electron chi connectivity index (χ1n) is 5.40. The molecule has 0 spiro atoms. The topological polar surface area (TPSA) is 39.9 Å². The van der Waals surface area contributed by atoms with E-state index < -0.39 is 13.0 Å². The summed E-state index contributed by atoms with van der Waals surface area (Å²) in [5, 5.41) is 9.76. The van der Waals surface area contributed by atoms with Crippen LogP contribution in [0.4, 0.5) is 14.5 Å². The fourth-order valence-corrected chi connectivity index (χ4v) is 1.92. The Labute approximate surface area is 103 Å². The van der Waals surface area contributed by atoms with Crippen LogP contribution < -0.4 is 4.90 Å². The Kier molecular flexibility index (Phi) is 3.38. The first kappa shape index (κ1) is 12.2. The molecule has 1 aromatic carbocycles. The lowest BCUT2D eigenvalue weighted by Crippen LogP contribution is -2.25. The minimum Gasteiger partial charge on any atom is -0.367 e. The Morgan fingerprint density at radius 2 is 2.11 bits per heavy atom. The summed E-state index contributed by atoms with van der Waals surface area (Å²) >= 11 is 0. The molecule has 0 atom stereocenters. The van der Waals surface area contributed by atoms with Gasteiger partial charge in [-0.15, -0.1) is 0 Å². The number of alkyl halides is 2. The van der Waals surface area contributed by atoms with Crippen molar-refractivity contribution in [3.05, 3.63) is 36.0 Å². The van der Waals surface area contributed by atoms with Crippen LogP contribution in [0.5, 0.6) is 0 Å². The highest BCUT2D eigenvalue weighted by molar-refractivity contribution is 5.94. The van der Waals surface area contributed by atoms with Gasteiger partial charge in [0.15, 0.2) is 0 Å². The number of aromatic nitrogens is 1. The molecule has 92 valence electrons. The number of halogens is 2. The molecule has 0 N–H and O–H groups in total. The minimum absolute atomic E-state index is 0.303. The van der Waals surface area contributed by atoms with Crippen LogP contribution in [0.3, 0.4) is 0 Å². The van der Waals surface area contributed by atoms with Gasteiger partial charge in [-0.2, -0.15) is 5.26 Å². The van der Waals surface area contributed by atoms with Crippen molar-refractivity contribution < 1.29 is 8.78 Å². The third kappa shape index (κ3) is 2.23. The molecule has 0 saturated carbocycles. The summed E-state index contributed by atoms with van der Waals surface area (Å²) in [5.41, 5.74) is 1.49. The standard InChI is InChI=1S/C13H11F2N3/c1-18(8-12(14)15)13-9(6-16)7-17-11-5-3-2-4-10(11)13/h2-5,7,12H,8H2,1H3. The second kappa shape index (κ2) is 4.96. The summed E-state index contributed by atoms with van der Waals surface area (Å²) in [6.45, 7) is -0.414. The van der Waals surface area contributed by atoms with E-state index in [0.717, 1.165) is 0 Å². The van der Waals surface area contributed by atoms with Crippen molar-refractivity contribution >= 4 is 16.6 Å². The Hall–Kier alpha value is -2.22. The van der Waals surface area contributed by atoms with Gasteiger partial charge in [0, 0.05) is 18.6 Å². The molecule has 0 amide bonds. The molecule has 2 aromatic rings. The highest BCUT2D eigenvalue weighted by Crippen LogP contribution is 2.28. The number of hydrogen-bond acceptors (Lipinski definition) is 3. The lowest BCUT2D eigenvalue weighted by atomic mass is 10.1. The second-order valence-corrected chi connectivity index (χ2v) is 3.92. The van der Waals surface area contributed by atoms with Crippen LogP contribution in [-0.2, 0) is 0 Å². The van der Waals surface area contributed by atoms with Crippen LogP contribution in [0.15, 0.2) is 30.5 Å². The molecular formula is C13H11F2N3. The van der Waals surface area contributed by atoms with Gasteiger partial charge in [-0.05, 0) is 6.07 Å². The molecule has 0 aliphatic rings. The highest BCUT2D eigenvalue weighted by Gasteiger charge is 2.15. The van der Waals surface area contributed by atoms with Gasteiger partial charge in [-0.25, -0.2) is 8.78 Å². The van der Waals surface area contributed by atoms with E-state index in [0.29, 0.717) is 22.2 Å². The van der Waals surface area contributed by atoms with E-state index in [1.807, 2.05) is 12.1 Å². The van der Waals surface area contributed by atoms with Crippen molar-refractivity contribution in [1.29, 1.82) is 5.26 Å². The first-order chi connectivity index (χ1) is 8.63. The minimum atomic E-state index is -2.45. The Morgan fingerprint density at radius 3 is 2.78 bits per heavy atom. The van der Waals surface area contributed by atoms with Crippen LogP contribution in [0.1, 0.15) is 5.56 Å². The number of rotatable bonds is 3. The molecule has 1 heterocycles. The maximum atomic E-state index is 12.5. The molecule has 0 aliphatic heterocycles. The van der Waals surface area contributed by atoms with Crippen LogP contribution in [0.25, 0.3) is 10.9 Å². The zero-order valence-corrected chi connectivity index (χ0v) is 9.77. The van der Waals surface area contributed by atoms with Crippen LogP contribution >= 0.6 is 0 Å². The van der Waals surface area contributed by atoms with Crippen LogP contribution in [0, 0.1) is 11.3 Å². The van der Waals surface area contributed by atoms with Crippen molar-refractivity contribution in [2.75, 3.05) is 18.5 Å². The molecule has 3 nitrogen and oxygen atoms in total. The van der Waals surface area contributed by atoms with E-state index >= 15 is 0 Å². The predicted octanol–water partition coefficient (Wildman–Crippen LogP) is 2.81. The molecule has 0 aliphatic carbocycles. The van der Waals surface area contributed by atoms with Crippen LogP contribution in [-0.4, -0.2) is 25.0 Å². The molecular weight excluding hydrogens is 236 g/mol. The number of pyridine rings is 1. The van der Waals surface area contributed by atoms with Gasteiger partial charge in [0.1, 0.15) is 6.07 Å². The molecule has 0 bridgehead atoms. The first-order valence-corrected chi connectivity index (χ1v) is 5.40. The zero-order chi connectivity index (χ0) is 13.1. The number of fused-ring (bicyclic) bond motifs is 1. The monoisotopic (exact) mass is 247 g/mol. The van der Waals surface area contributed by atoms with Crippen molar-refractivity contribution in [2.24, 2.45) is 0 Å². The van der Waals surface area contributed by atoms with E-state index in [1.54, 1.807) is 25.2 Å². The molecule has 0 fully saturated rings. The normalized spacial score (nSPS) is 10.6. The van der Waals surface area contributed by atoms with Crippen molar-refractivity contribution in [1.82, 2.24) is 4.98 Å². The van der Waals surface area contributed by atoms with Gasteiger partial charge in [-0.1, -0.05) is 18.2 Å². The van der Waals surface area contributed by atoms with E-state index in [4.69, 9.17) is 5.26 Å². The zero-order valence-electron chi connectivity index (χ0n) is 9.77. The largest absolute Gasteiger partial charge is 0.367 e. The number of nitrogens with zero attached hydrogens (tertiary/aromatic N) is 3. The van der Waals surface area contributed by atoms with Crippen LogP contribution in [0.2, 0.25) is 0 Å². The number of nitriles is 1. The maximum absolute atomic E-state index is 12.5. The molecule has 2 rings (SSSR count). The highest BCUT2D eigenvalue weighted by atomic mass is 19.3.